The molecule has 5 heteroatoms. The molecule has 0 spiro atoms. The molecule has 0 aromatic heterocycles. The molecular weight excluding hydrogens is 256 g/mol. The number of ketones is 1. The summed E-state index contributed by atoms with van der Waals surface area (Å²) in [6.45, 7) is 7.46. The van der Waals surface area contributed by atoms with Crippen LogP contribution in [0.15, 0.2) is 0 Å². The van der Waals surface area contributed by atoms with E-state index in [0.717, 1.165) is 11.5 Å². The molecule has 1 aliphatic heterocycles. The maximum Gasteiger partial charge on any atom is 0.319 e. The van der Waals surface area contributed by atoms with Gasteiger partial charge in [-0.3, -0.25) is 9.59 Å². The molecule has 0 aromatic rings. The van der Waals surface area contributed by atoms with E-state index in [-0.39, 0.29) is 16.3 Å². The highest BCUT2D eigenvalue weighted by Crippen LogP contribution is 2.36. The van der Waals surface area contributed by atoms with Crippen molar-refractivity contribution in [2.45, 2.75) is 38.2 Å². The Morgan fingerprint density at radius 1 is 1.29 bits per heavy atom. The summed E-state index contributed by atoms with van der Waals surface area (Å²) in [5.74, 6) is 1.65. The fourth-order valence-electron chi connectivity index (χ4n) is 1.69. The van der Waals surface area contributed by atoms with Gasteiger partial charge in [0.15, 0.2) is 5.78 Å². The van der Waals surface area contributed by atoms with E-state index < -0.39 is 11.4 Å². The van der Waals surface area contributed by atoms with Crippen LogP contribution in [0.5, 0.6) is 0 Å². The van der Waals surface area contributed by atoms with Gasteiger partial charge < -0.3 is 4.74 Å². The molecule has 98 valence electrons. The number of rotatable bonds is 4. The number of hydrogen-bond donors (Lipinski definition) is 0. The SMILES string of the molecule is CCOC(=O)C(C)(C)C(=O)C1SCCSC1C. The Balaban J connectivity index is 2.76. The van der Waals surface area contributed by atoms with Gasteiger partial charge in [0.05, 0.1) is 11.9 Å². The first-order valence-corrected chi connectivity index (χ1v) is 7.95. The molecule has 1 heterocycles. The van der Waals surface area contributed by atoms with Gasteiger partial charge in [-0.25, -0.2) is 0 Å². The summed E-state index contributed by atoms with van der Waals surface area (Å²) in [5.41, 5.74) is -1.03. The molecule has 0 radical (unpaired) electrons. The normalized spacial score (nSPS) is 25.4. The van der Waals surface area contributed by atoms with Gasteiger partial charge in [-0.15, -0.1) is 11.8 Å². The maximum absolute atomic E-state index is 12.4. The van der Waals surface area contributed by atoms with Crippen LogP contribution in [0.2, 0.25) is 0 Å². The molecule has 3 nitrogen and oxygen atoms in total. The zero-order chi connectivity index (χ0) is 13.1. The topological polar surface area (TPSA) is 43.4 Å². The van der Waals surface area contributed by atoms with Crippen LogP contribution in [0.1, 0.15) is 27.7 Å². The summed E-state index contributed by atoms with van der Waals surface area (Å²) in [6, 6.07) is 0. The third kappa shape index (κ3) is 3.41. The molecule has 0 bridgehead atoms. The van der Waals surface area contributed by atoms with E-state index in [1.54, 1.807) is 44.3 Å². The fourth-order valence-corrected chi connectivity index (χ4v) is 4.57. The van der Waals surface area contributed by atoms with Crippen molar-refractivity contribution in [1.82, 2.24) is 0 Å². The first-order valence-electron chi connectivity index (χ1n) is 5.86. The van der Waals surface area contributed by atoms with Crippen LogP contribution < -0.4 is 0 Å². The second kappa shape index (κ2) is 6.14. The molecule has 0 N–H and O–H groups in total. The smallest absolute Gasteiger partial charge is 0.319 e. The molecule has 2 unspecified atom stereocenters. The van der Waals surface area contributed by atoms with Crippen molar-refractivity contribution in [3.63, 3.8) is 0 Å². The van der Waals surface area contributed by atoms with Crippen molar-refractivity contribution in [2.75, 3.05) is 18.1 Å². The third-order valence-corrected chi connectivity index (χ3v) is 5.94. The number of carbonyl (C=O) groups is 2. The Labute approximate surface area is 111 Å². The monoisotopic (exact) mass is 276 g/mol. The summed E-state index contributed by atoms with van der Waals surface area (Å²) >= 11 is 3.47. The molecule has 2 atom stereocenters. The van der Waals surface area contributed by atoms with Gasteiger partial charge in [0.25, 0.3) is 0 Å². The summed E-state index contributed by atoms with van der Waals surface area (Å²) < 4.78 is 4.98. The van der Waals surface area contributed by atoms with Gasteiger partial charge in [-0.1, -0.05) is 6.92 Å². The highest BCUT2D eigenvalue weighted by molar-refractivity contribution is 8.07. The van der Waals surface area contributed by atoms with Crippen LogP contribution in [0.4, 0.5) is 0 Å². The maximum atomic E-state index is 12.4. The number of Topliss-reactive ketones (excluding diaryl/α,β-unsaturated/α-hetero) is 1. The first-order chi connectivity index (χ1) is 7.91. The van der Waals surface area contributed by atoms with Gasteiger partial charge in [0, 0.05) is 16.8 Å². The molecule has 0 amide bonds. The lowest BCUT2D eigenvalue weighted by Gasteiger charge is -2.32. The van der Waals surface area contributed by atoms with Crippen LogP contribution >= 0.6 is 23.5 Å². The molecular formula is C12H20O3S2. The highest BCUT2D eigenvalue weighted by Gasteiger charge is 2.44. The van der Waals surface area contributed by atoms with E-state index in [9.17, 15) is 9.59 Å². The van der Waals surface area contributed by atoms with Crippen LogP contribution in [0, 0.1) is 5.41 Å². The zero-order valence-corrected chi connectivity index (χ0v) is 12.5. The predicted molar refractivity (Wildman–Crippen MR) is 73.6 cm³/mol. The lowest BCUT2D eigenvalue weighted by molar-refractivity contribution is -0.157. The second-order valence-corrected chi connectivity index (χ2v) is 7.31. The van der Waals surface area contributed by atoms with Crippen LogP contribution in [0.3, 0.4) is 0 Å². The van der Waals surface area contributed by atoms with Gasteiger partial charge in [-0.2, -0.15) is 11.8 Å². The number of carbonyl (C=O) groups excluding carboxylic acids is 2. The van der Waals surface area contributed by atoms with Crippen molar-refractivity contribution < 1.29 is 14.3 Å². The molecule has 0 aliphatic carbocycles. The Hall–Kier alpha value is -0.160. The average Bonchev–Trinajstić information content (AvgIpc) is 2.29. The largest absolute Gasteiger partial charge is 0.465 e. The number of esters is 1. The zero-order valence-electron chi connectivity index (χ0n) is 10.8. The molecule has 0 saturated carbocycles. The second-order valence-electron chi connectivity index (χ2n) is 4.58. The van der Waals surface area contributed by atoms with Crippen LogP contribution in [0.25, 0.3) is 0 Å². The number of hydrogen-bond acceptors (Lipinski definition) is 5. The van der Waals surface area contributed by atoms with E-state index in [4.69, 9.17) is 4.74 Å². The van der Waals surface area contributed by atoms with Crippen LogP contribution in [-0.4, -0.2) is 40.4 Å². The quantitative estimate of drug-likeness (QED) is 0.582. The first kappa shape index (κ1) is 14.9. The van der Waals surface area contributed by atoms with Crippen molar-refractivity contribution in [2.24, 2.45) is 5.41 Å². The molecule has 1 saturated heterocycles. The Kier molecular flexibility index (Phi) is 5.38. The van der Waals surface area contributed by atoms with Gasteiger partial charge in [0.1, 0.15) is 5.41 Å². The van der Waals surface area contributed by atoms with Gasteiger partial charge >= 0.3 is 5.97 Å². The molecule has 1 aliphatic rings. The fraction of sp³-hybridized carbons (Fsp3) is 0.833. The Morgan fingerprint density at radius 2 is 1.88 bits per heavy atom. The summed E-state index contributed by atoms with van der Waals surface area (Å²) in [7, 11) is 0. The van der Waals surface area contributed by atoms with Crippen molar-refractivity contribution in [3.05, 3.63) is 0 Å². The Bertz CT molecular complexity index is 302. The van der Waals surface area contributed by atoms with E-state index in [1.807, 2.05) is 0 Å². The highest BCUT2D eigenvalue weighted by atomic mass is 32.2. The third-order valence-electron chi connectivity index (χ3n) is 2.85. The van der Waals surface area contributed by atoms with Crippen molar-refractivity contribution >= 4 is 35.3 Å². The predicted octanol–water partition coefficient (Wildman–Crippen LogP) is 2.38. The van der Waals surface area contributed by atoms with E-state index in [1.165, 1.54) is 0 Å². The van der Waals surface area contributed by atoms with Crippen LogP contribution in [-0.2, 0) is 14.3 Å². The van der Waals surface area contributed by atoms with E-state index in [2.05, 4.69) is 6.92 Å². The van der Waals surface area contributed by atoms with Crippen molar-refractivity contribution in [1.29, 1.82) is 0 Å². The summed E-state index contributed by atoms with van der Waals surface area (Å²) in [5, 5.41) is 0.183. The molecule has 1 rings (SSSR count). The minimum Gasteiger partial charge on any atom is -0.465 e. The Morgan fingerprint density at radius 3 is 2.41 bits per heavy atom. The summed E-state index contributed by atoms with van der Waals surface area (Å²) in [6.07, 6.45) is 0. The minimum absolute atomic E-state index is 0.000602. The number of thioether (sulfide) groups is 2. The molecule has 17 heavy (non-hydrogen) atoms. The van der Waals surface area contributed by atoms with E-state index >= 15 is 0 Å². The van der Waals surface area contributed by atoms with Crippen molar-refractivity contribution in [3.8, 4) is 0 Å². The lowest BCUT2D eigenvalue weighted by atomic mass is 9.85. The molecule has 0 aromatic carbocycles. The minimum atomic E-state index is -1.03. The standard InChI is InChI=1S/C12H20O3S2/c1-5-15-11(14)12(3,4)10(13)9-8(2)16-6-7-17-9/h8-9H,5-7H2,1-4H3. The van der Waals surface area contributed by atoms with Gasteiger partial charge in [0.2, 0.25) is 0 Å². The van der Waals surface area contributed by atoms with Gasteiger partial charge in [-0.05, 0) is 20.8 Å². The summed E-state index contributed by atoms with van der Waals surface area (Å²) in [4.78, 5) is 24.2. The number of ether oxygens (including phenoxy) is 1. The average molecular weight is 276 g/mol. The molecule has 1 fully saturated rings. The lowest BCUT2D eigenvalue weighted by Crippen LogP contribution is -2.44. The van der Waals surface area contributed by atoms with E-state index in [0.29, 0.717) is 6.61 Å².